The molecule has 6 nitrogen and oxygen atoms in total. The largest absolute Gasteiger partial charge is 0.497 e. The molecule has 25 heavy (non-hydrogen) atoms. The van der Waals surface area contributed by atoms with Crippen LogP contribution in [0.2, 0.25) is 0 Å². The van der Waals surface area contributed by atoms with E-state index in [4.69, 9.17) is 4.74 Å². The first-order valence-electron chi connectivity index (χ1n) is 8.23. The van der Waals surface area contributed by atoms with E-state index in [0.717, 1.165) is 30.2 Å². The first kappa shape index (κ1) is 15.9. The van der Waals surface area contributed by atoms with Gasteiger partial charge < -0.3 is 4.74 Å². The van der Waals surface area contributed by atoms with Gasteiger partial charge in [0.05, 0.1) is 19.7 Å². The lowest BCUT2D eigenvalue weighted by atomic mass is 10.00. The summed E-state index contributed by atoms with van der Waals surface area (Å²) < 4.78 is 19.7. The van der Waals surface area contributed by atoms with Crippen LogP contribution in [0.25, 0.3) is 0 Å². The number of rotatable bonds is 4. The Morgan fingerprint density at radius 1 is 1.16 bits per heavy atom. The average Bonchev–Trinajstić information content (AvgIpc) is 3.12. The zero-order valence-corrected chi connectivity index (χ0v) is 13.9. The monoisotopic (exact) mass is 341 g/mol. The van der Waals surface area contributed by atoms with E-state index < -0.39 is 0 Å². The van der Waals surface area contributed by atoms with Gasteiger partial charge in [0.15, 0.2) is 5.84 Å². The molecule has 4 rings (SSSR count). The predicted octanol–water partition coefficient (Wildman–Crippen LogP) is 2.03. The molecule has 2 aliphatic rings. The van der Waals surface area contributed by atoms with Crippen molar-refractivity contribution in [2.24, 2.45) is 5.10 Å². The molecule has 0 aliphatic carbocycles. The van der Waals surface area contributed by atoms with Gasteiger partial charge in [0.2, 0.25) is 0 Å². The molecule has 2 aromatic carbocycles. The summed E-state index contributed by atoms with van der Waals surface area (Å²) in [7, 11) is 1.65. The van der Waals surface area contributed by atoms with Crippen molar-refractivity contribution < 1.29 is 9.13 Å². The summed E-state index contributed by atoms with van der Waals surface area (Å²) in [6, 6.07) is 14.6. The maximum absolute atomic E-state index is 14.5. The fraction of sp³-hybridized carbons (Fsp3) is 0.278. The highest BCUT2D eigenvalue weighted by molar-refractivity contribution is 5.89. The first-order chi connectivity index (χ1) is 12.3. The third kappa shape index (κ3) is 3.04. The highest BCUT2D eigenvalue weighted by atomic mass is 19.1. The second kappa shape index (κ2) is 6.70. The molecule has 0 bridgehead atoms. The zero-order valence-electron chi connectivity index (χ0n) is 13.9. The van der Waals surface area contributed by atoms with Crippen molar-refractivity contribution in [3.63, 3.8) is 0 Å². The van der Waals surface area contributed by atoms with Crippen LogP contribution in [-0.4, -0.2) is 35.9 Å². The molecule has 0 aromatic heterocycles. The van der Waals surface area contributed by atoms with Crippen LogP contribution < -0.4 is 15.8 Å². The summed E-state index contributed by atoms with van der Waals surface area (Å²) in [5.74, 6) is 1.39. The molecule has 2 heterocycles. The van der Waals surface area contributed by atoms with E-state index in [0.29, 0.717) is 12.1 Å². The Morgan fingerprint density at radius 3 is 2.72 bits per heavy atom. The summed E-state index contributed by atoms with van der Waals surface area (Å²) in [5.41, 5.74) is 7.55. The van der Waals surface area contributed by atoms with Crippen LogP contribution in [0.4, 0.5) is 4.39 Å². The number of hydrazone groups is 1. The first-order valence-corrected chi connectivity index (χ1v) is 8.23. The van der Waals surface area contributed by atoms with E-state index in [9.17, 15) is 4.39 Å². The van der Waals surface area contributed by atoms with Crippen molar-refractivity contribution in [3.05, 3.63) is 65.5 Å². The van der Waals surface area contributed by atoms with E-state index in [1.54, 1.807) is 13.2 Å². The molecule has 1 unspecified atom stereocenters. The van der Waals surface area contributed by atoms with E-state index in [-0.39, 0.29) is 11.9 Å². The third-order valence-corrected chi connectivity index (χ3v) is 4.60. The SMILES string of the molecule is COc1ccc(CN2CCN3NNN=C3C2c2ccccc2F)cc1. The van der Waals surface area contributed by atoms with Gasteiger partial charge in [-0.2, -0.15) is 0 Å². The Labute approximate surface area is 145 Å². The summed E-state index contributed by atoms with van der Waals surface area (Å²) in [6.45, 7) is 2.27. The van der Waals surface area contributed by atoms with Gasteiger partial charge in [-0.1, -0.05) is 30.3 Å². The second-order valence-corrected chi connectivity index (χ2v) is 6.09. The van der Waals surface area contributed by atoms with Crippen molar-refractivity contribution in [2.45, 2.75) is 12.6 Å². The molecule has 7 heteroatoms. The summed E-state index contributed by atoms with van der Waals surface area (Å²) in [5, 5.41) is 6.26. The van der Waals surface area contributed by atoms with Gasteiger partial charge in [-0.25, -0.2) is 9.93 Å². The Hall–Kier alpha value is -2.64. The molecule has 1 saturated heterocycles. The standard InChI is InChI=1S/C18H20FN5O/c1-25-14-8-6-13(7-9-14)12-23-10-11-24-18(20-21-22-24)17(23)15-4-2-3-5-16(15)19/h2-9,17,21-22H,10-12H2,1H3. The van der Waals surface area contributed by atoms with Crippen molar-refractivity contribution in [1.29, 1.82) is 0 Å². The number of nitrogens with zero attached hydrogens (tertiary/aromatic N) is 3. The van der Waals surface area contributed by atoms with Crippen LogP contribution in [0.5, 0.6) is 5.75 Å². The van der Waals surface area contributed by atoms with Gasteiger partial charge in [0.25, 0.3) is 0 Å². The lowest BCUT2D eigenvalue weighted by Crippen LogP contribution is -2.54. The molecule has 0 amide bonds. The number of fused-ring (bicyclic) bond motifs is 1. The van der Waals surface area contributed by atoms with E-state index >= 15 is 0 Å². The van der Waals surface area contributed by atoms with Gasteiger partial charge in [-0.3, -0.25) is 9.91 Å². The Balaban J connectivity index is 1.65. The number of hydrogen-bond acceptors (Lipinski definition) is 6. The zero-order chi connectivity index (χ0) is 17.2. The van der Waals surface area contributed by atoms with Gasteiger partial charge in [-0.05, 0) is 23.8 Å². The highest BCUT2D eigenvalue weighted by Crippen LogP contribution is 2.31. The lowest BCUT2D eigenvalue weighted by molar-refractivity contribution is 0.143. The quantitative estimate of drug-likeness (QED) is 0.891. The van der Waals surface area contributed by atoms with Crippen molar-refractivity contribution >= 4 is 5.84 Å². The minimum absolute atomic E-state index is 0.219. The smallest absolute Gasteiger partial charge is 0.164 e. The van der Waals surface area contributed by atoms with Gasteiger partial charge in [0.1, 0.15) is 11.6 Å². The van der Waals surface area contributed by atoms with Gasteiger partial charge >= 0.3 is 0 Å². The second-order valence-electron chi connectivity index (χ2n) is 6.09. The molecule has 1 fully saturated rings. The average molecular weight is 341 g/mol. The van der Waals surface area contributed by atoms with E-state index in [1.807, 2.05) is 41.4 Å². The van der Waals surface area contributed by atoms with Crippen LogP contribution >= 0.6 is 0 Å². The minimum Gasteiger partial charge on any atom is -0.497 e. The Bertz CT molecular complexity index is 779. The fourth-order valence-electron chi connectivity index (χ4n) is 3.33. The minimum atomic E-state index is -0.250. The number of piperazine rings is 1. The topological polar surface area (TPSA) is 52.1 Å². The fourth-order valence-corrected chi connectivity index (χ4v) is 3.33. The molecule has 2 aromatic rings. The molecule has 1 atom stereocenters. The number of halogens is 1. The molecule has 130 valence electrons. The highest BCUT2D eigenvalue weighted by Gasteiger charge is 2.37. The number of hydrogen-bond donors (Lipinski definition) is 2. The molecule has 0 spiro atoms. The Kier molecular flexibility index (Phi) is 4.25. The summed E-state index contributed by atoms with van der Waals surface area (Å²) >= 11 is 0. The summed E-state index contributed by atoms with van der Waals surface area (Å²) in [4.78, 5) is 2.24. The Morgan fingerprint density at radius 2 is 1.96 bits per heavy atom. The van der Waals surface area contributed by atoms with Crippen molar-refractivity contribution in [1.82, 2.24) is 21.0 Å². The number of methoxy groups -OCH3 is 1. The van der Waals surface area contributed by atoms with E-state index in [1.165, 1.54) is 6.07 Å². The predicted molar refractivity (Wildman–Crippen MR) is 93.0 cm³/mol. The number of hydrazine groups is 2. The van der Waals surface area contributed by atoms with Crippen LogP contribution in [-0.2, 0) is 6.54 Å². The molecule has 2 N–H and O–H groups in total. The number of nitrogens with one attached hydrogen (secondary N) is 2. The van der Waals surface area contributed by atoms with Gasteiger partial charge in [0, 0.05) is 18.7 Å². The molecular weight excluding hydrogens is 321 g/mol. The van der Waals surface area contributed by atoms with Crippen molar-refractivity contribution in [2.75, 3.05) is 20.2 Å². The molecule has 2 aliphatic heterocycles. The van der Waals surface area contributed by atoms with Crippen LogP contribution in [0, 0.1) is 5.82 Å². The summed E-state index contributed by atoms with van der Waals surface area (Å²) in [6.07, 6.45) is 0. The molecular formula is C18H20FN5O. The number of ether oxygens (including phenoxy) is 1. The molecule has 0 saturated carbocycles. The van der Waals surface area contributed by atoms with Gasteiger partial charge in [-0.15, -0.1) is 10.6 Å². The van der Waals surface area contributed by atoms with Crippen LogP contribution in [0.1, 0.15) is 17.2 Å². The number of amidine groups is 1. The normalized spacial score (nSPS) is 20.0. The van der Waals surface area contributed by atoms with Crippen molar-refractivity contribution in [3.8, 4) is 5.75 Å². The number of benzene rings is 2. The van der Waals surface area contributed by atoms with Crippen LogP contribution in [0.15, 0.2) is 53.6 Å². The van der Waals surface area contributed by atoms with E-state index in [2.05, 4.69) is 21.1 Å². The third-order valence-electron chi connectivity index (χ3n) is 4.60. The molecule has 0 radical (unpaired) electrons. The maximum Gasteiger partial charge on any atom is 0.164 e. The lowest BCUT2D eigenvalue weighted by Gasteiger charge is -2.40. The maximum atomic E-state index is 14.5. The van der Waals surface area contributed by atoms with Crippen LogP contribution in [0.3, 0.4) is 0 Å².